The number of ether oxygens (including phenoxy) is 1. The maximum atomic E-state index is 13.8. The lowest BCUT2D eigenvalue weighted by molar-refractivity contribution is 0.372. The molecule has 0 amide bonds. The van der Waals surface area contributed by atoms with Crippen LogP contribution >= 0.6 is 0 Å². The second-order valence-corrected chi connectivity index (χ2v) is 7.45. The van der Waals surface area contributed by atoms with Gasteiger partial charge in [0.1, 0.15) is 11.6 Å². The predicted octanol–water partition coefficient (Wildman–Crippen LogP) is 5.87. The molecule has 0 aromatic heterocycles. The van der Waals surface area contributed by atoms with E-state index in [1.165, 1.54) is 12.1 Å². The second kappa shape index (κ2) is 7.70. The lowest BCUT2D eigenvalue weighted by atomic mass is 9.93. The SMILES string of the molecule is CCOS(=O)c1ccc2ccccc2c1-c1c(OC)ccc2cc(F)ccc12. The number of hydrogen-bond acceptors (Lipinski definition) is 3. The first kappa shape index (κ1) is 18.6. The molecule has 0 saturated heterocycles. The zero-order chi connectivity index (χ0) is 19.7. The summed E-state index contributed by atoms with van der Waals surface area (Å²) in [6, 6.07) is 19.9. The second-order valence-electron chi connectivity index (χ2n) is 6.31. The van der Waals surface area contributed by atoms with Gasteiger partial charge in [0.25, 0.3) is 0 Å². The first-order valence-corrected chi connectivity index (χ1v) is 10.0. The molecule has 1 atom stereocenters. The van der Waals surface area contributed by atoms with Crippen molar-refractivity contribution in [2.45, 2.75) is 11.8 Å². The van der Waals surface area contributed by atoms with E-state index in [4.69, 9.17) is 8.92 Å². The summed E-state index contributed by atoms with van der Waals surface area (Å²) in [4.78, 5) is 0.565. The van der Waals surface area contributed by atoms with Gasteiger partial charge in [-0.15, -0.1) is 0 Å². The monoisotopic (exact) mass is 394 g/mol. The van der Waals surface area contributed by atoms with Crippen molar-refractivity contribution in [3.63, 3.8) is 0 Å². The Labute approximate surface area is 165 Å². The molecule has 0 aliphatic carbocycles. The third-order valence-electron chi connectivity index (χ3n) is 4.71. The van der Waals surface area contributed by atoms with Gasteiger partial charge >= 0.3 is 0 Å². The smallest absolute Gasteiger partial charge is 0.189 e. The molecule has 0 spiro atoms. The molecule has 0 saturated carbocycles. The van der Waals surface area contributed by atoms with Crippen LogP contribution < -0.4 is 4.74 Å². The molecule has 0 aliphatic rings. The lowest BCUT2D eigenvalue weighted by Gasteiger charge is -2.18. The molecule has 1 unspecified atom stereocenters. The zero-order valence-corrected chi connectivity index (χ0v) is 16.4. The molecule has 4 aromatic carbocycles. The van der Waals surface area contributed by atoms with Crippen LogP contribution in [0.25, 0.3) is 32.7 Å². The minimum Gasteiger partial charge on any atom is -0.496 e. The highest BCUT2D eigenvalue weighted by Crippen LogP contribution is 2.43. The fourth-order valence-electron chi connectivity index (χ4n) is 3.53. The summed E-state index contributed by atoms with van der Waals surface area (Å²) in [6.07, 6.45) is 0. The van der Waals surface area contributed by atoms with E-state index in [2.05, 4.69) is 0 Å². The third kappa shape index (κ3) is 3.17. The zero-order valence-electron chi connectivity index (χ0n) is 15.6. The third-order valence-corrected chi connectivity index (χ3v) is 5.86. The van der Waals surface area contributed by atoms with E-state index in [-0.39, 0.29) is 5.82 Å². The average Bonchev–Trinajstić information content (AvgIpc) is 2.72. The highest BCUT2D eigenvalue weighted by molar-refractivity contribution is 7.80. The number of fused-ring (bicyclic) bond motifs is 2. The Morgan fingerprint density at radius 1 is 0.893 bits per heavy atom. The molecule has 3 nitrogen and oxygen atoms in total. The fraction of sp³-hybridized carbons (Fsp3) is 0.130. The molecule has 0 heterocycles. The summed E-state index contributed by atoms with van der Waals surface area (Å²) in [5, 5.41) is 3.52. The van der Waals surface area contributed by atoms with Gasteiger partial charge in [-0.25, -0.2) is 8.60 Å². The molecule has 0 bridgehead atoms. The number of rotatable bonds is 5. The van der Waals surface area contributed by atoms with E-state index < -0.39 is 11.1 Å². The minimum atomic E-state index is -1.64. The largest absolute Gasteiger partial charge is 0.496 e. The summed E-state index contributed by atoms with van der Waals surface area (Å²) in [5.41, 5.74) is 1.55. The quantitative estimate of drug-likeness (QED) is 0.425. The van der Waals surface area contributed by atoms with Gasteiger partial charge in [0.05, 0.1) is 18.6 Å². The summed E-state index contributed by atoms with van der Waals surface area (Å²) in [7, 11) is 1.60. The van der Waals surface area contributed by atoms with Crippen LogP contribution in [0.5, 0.6) is 5.75 Å². The van der Waals surface area contributed by atoms with Crippen LogP contribution in [-0.2, 0) is 15.3 Å². The van der Waals surface area contributed by atoms with E-state index in [1.807, 2.05) is 48.5 Å². The van der Waals surface area contributed by atoms with Crippen molar-refractivity contribution < 1.29 is 17.5 Å². The van der Waals surface area contributed by atoms with Crippen LogP contribution in [0.4, 0.5) is 4.39 Å². The Morgan fingerprint density at radius 2 is 1.64 bits per heavy atom. The molecule has 0 fully saturated rings. The van der Waals surface area contributed by atoms with Crippen molar-refractivity contribution in [2.75, 3.05) is 13.7 Å². The van der Waals surface area contributed by atoms with Crippen molar-refractivity contribution in [3.8, 4) is 16.9 Å². The summed E-state index contributed by atoms with van der Waals surface area (Å²) >= 11 is -1.64. The highest BCUT2D eigenvalue weighted by Gasteiger charge is 2.21. The molecule has 5 heteroatoms. The van der Waals surface area contributed by atoms with Gasteiger partial charge in [-0.1, -0.05) is 42.5 Å². The molecule has 142 valence electrons. The molecular formula is C23H19FO3S. The Hall–Kier alpha value is -2.76. The van der Waals surface area contributed by atoms with E-state index >= 15 is 0 Å². The molecule has 28 heavy (non-hydrogen) atoms. The Balaban J connectivity index is 2.17. The van der Waals surface area contributed by atoms with Gasteiger partial charge in [-0.05, 0) is 52.7 Å². The van der Waals surface area contributed by atoms with Crippen LogP contribution in [0.1, 0.15) is 6.92 Å². The van der Waals surface area contributed by atoms with Crippen molar-refractivity contribution >= 4 is 32.6 Å². The number of hydrogen-bond donors (Lipinski definition) is 0. The van der Waals surface area contributed by atoms with Gasteiger partial charge in [-0.3, -0.25) is 4.18 Å². The summed E-state index contributed by atoms with van der Waals surface area (Å²) in [5.74, 6) is 0.324. The van der Waals surface area contributed by atoms with Crippen LogP contribution in [0.3, 0.4) is 0 Å². The summed E-state index contributed by atoms with van der Waals surface area (Å²) < 4.78 is 37.7. The number of methoxy groups -OCH3 is 1. The van der Waals surface area contributed by atoms with E-state index in [0.717, 1.165) is 32.7 Å². The van der Waals surface area contributed by atoms with E-state index in [1.54, 1.807) is 20.1 Å². The Bertz CT molecular complexity index is 1200. The predicted molar refractivity (Wildman–Crippen MR) is 111 cm³/mol. The fourth-order valence-corrected chi connectivity index (χ4v) is 4.43. The van der Waals surface area contributed by atoms with Crippen LogP contribution in [0.15, 0.2) is 71.6 Å². The van der Waals surface area contributed by atoms with Crippen molar-refractivity contribution in [3.05, 3.63) is 72.5 Å². The van der Waals surface area contributed by atoms with Gasteiger partial charge < -0.3 is 4.74 Å². The molecule has 4 rings (SSSR count). The van der Waals surface area contributed by atoms with Gasteiger partial charge in [0.2, 0.25) is 0 Å². The normalized spacial score (nSPS) is 12.4. The van der Waals surface area contributed by atoms with E-state index in [9.17, 15) is 8.60 Å². The Kier molecular flexibility index (Phi) is 5.11. The lowest BCUT2D eigenvalue weighted by Crippen LogP contribution is -2.02. The van der Waals surface area contributed by atoms with Crippen LogP contribution in [0, 0.1) is 5.82 Å². The van der Waals surface area contributed by atoms with Crippen LogP contribution in [-0.4, -0.2) is 17.9 Å². The van der Waals surface area contributed by atoms with Gasteiger partial charge in [0.15, 0.2) is 11.1 Å². The van der Waals surface area contributed by atoms with Gasteiger partial charge in [0, 0.05) is 11.1 Å². The maximum absolute atomic E-state index is 13.8. The summed E-state index contributed by atoms with van der Waals surface area (Å²) in [6.45, 7) is 2.14. The Morgan fingerprint density at radius 3 is 2.43 bits per heavy atom. The molecule has 0 radical (unpaired) electrons. The topological polar surface area (TPSA) is 35.5 Å². The average molecular weight is 394 g/mol. The first-order chi connectivity index (χ1) is 13.6. The van der Waals surface area contributed by atoms with E-state index in [0.29, 0.717) is 17.3 Å². The number of benzene rings is 4. The van der Waals surface area contributed by atoms with Crippen molar-refractivity contribution in [1.29, 1.82) is 0 Å². The first-order valence-electron chi connectivity index (χ1n) is 8.97. The van der Waals surface area contributed by atoms with Crippen molar-refractivity contribution in [1.82, 2.24) is 0 Å². The molecular weight excluding hydrogens is 375 g/mol. The molecule has 0 aliphatic heterocycles. The highest BCUT2D eigenvalue weighted by atomic mass is 32.2. The molecule has 4 aromatic rings. The maximum Gasteiger partial charge on any atom is 0.189 e. The van der Waals surface area contributed by atoms with Gasteiger partial charge in [-0.2, -0.15) is 0 Å². The standard InChI is InChI=1S/C23H19FO3S/c1-3-27-28(25)21-13-9-15-6-4-5-7-18(15)23(21)22-19-11-10-17(24)14-16(19)8-12-20(22)26-2/h4-14H,3H2,1-2H3. The minimum absolute atomic E-state index is 0.306. The van der Waals surface area contributed by atoms with Crippen LogP contribution in [0.2, 0.25) is 0 Å². The van der Waals surface area contributed by atoms with Crippen molar-refractivity contribution in [2.24, 2.45) is 0 Å². The molecule has 0 N–H and O–H groups in total. The number of halogens is 1.